The minimum absolute atomic E-state index is 0.732. The predicted octanol–water partition coefficient (Wildman–Crippen LogP) is 3.72. The number of anilines is 3. The second kappa shape index (κ2) is 5.82. The van der Waals surface area contributed by atoms with E-state index < -0.39 is 0 Å². The fraction of sp³-hybridized carbons (Fsp3) is 0.231. The van der Waals surface area contributed by atoms with E-state index in [1.807, 2.05) is 19.1 Å². The van der Waals surface area contributed by atoms with Gasteiger partial charge in [-0.1, -0.05) is 15.9 Å². The maximum atomic E-state index is 4.41. The van der Waals surface area contributed by atoms with E-state index in [0.29, 0.717) is 0 Å². The van der Waals surface area contributed by atoms with E-state index in [-0.39, 0.29) is 0 Å². The number of hydrogen-bond acceptors (Lipinski definition) is 4. The second-order valence-corrected chi connectivity index (χ2v) is 4.76. The lowest BCUT2D eigenvalue weighted by Crippen LogP contribution is -2.02. The summed E-state index contributed by atoms with van der Waals surface area (Å²) in [5.41, 5.74) is 2.18. The molecule has 0 saturated carbocycles. The van der Waals surface area contributed by atoms with Crippen LogP contribution in [-0.2, 0) is 0 Å². The lowest BCUT2D eigenvalue weighted by Gasteiger charge is -2.08. The third-order valence-corrected chi connectivity index (χ3v) is 3.31. The van der Waals surface area contributed by atoms with Crippen molar-refractivity contribution >= 4 is 33.3 Å². The van der Waals surface area contributed by atoms with Gasteiger partial charge in [-0.2, -0.15) is 0 Å². The van der Waals surface area contributed by atoms with Crippen LogP contribution in [0.25, 0.3) is 0 Å². The molecule has 0 aliphatic heterocycles. The lowest BCUT2D eigenvalue weighted by molar-refractivity contribution is 1.12. The van der Waals surface area contributed by atoms with Crippen LogP contribution < -0.4 is 10.6 Å². The number of aromatic nitrogens is 2. The van der Waals surface area contributed by atoms with E-state index in [4.69, 9.17) is 0 Å². The largest absolute Gasteiger partial charge is 0.369 e. The summed E-state index contributed by atoms with van der Waals surface area (Å²) in [5, 5.41) is 6.37. The molecule has 94 valence electrons. The van der Waals surface area contributed by atoms with E-state index in [2.05, 4.69) is 49.5 Å². The van der Waals surface area contributed by atoms with Gasteiger partial charge in [-0.3, -0.25) is 4.98 Å². The molecule has 0 atom stereocenters. The average molecular weight is 307 g/mol. The maximum absolute atomic E-state index is 4.41. The Hall–Kier alpha value is -1.62. The van der Waals surface area contributed by atoms with Gasteiger partial charge >= 0.3 is 0 Å². The van der Waals surface area contributed by atoms with Gasteiger partial charge in [0.15, 0.2) is 5.82 Å². The molecule has 2 N–H and O–H groups in total. The minimum Gasteiger partial charge on any atom is -0.369 e. The van der Waals surface area contributed by atoms with Crippen molar-refractivity contribution in [2.45, 2.75) is 13.8 Å². The Morgan fingerprint density at radius 1 is 1.22 bits per heavy atom. The second-order valence-electron chi connectivity index (χ2n) is 3.91. The molecule has 0 amide bonds. The molecular weight excluding hydrogens is 292 g/mol. The van der Waals surface area contributed by atoms with Crippen molar-refractivity contribution in [1.29, 1.82) is 0 Å². The zero-order chi connectivity index (χ0) is 13.0. The monoisotopic (exact) mass is 306 g/mol. The van der Waals surface area contributed by atoms with Gasteiger partial charge in [0.2, 0.25) is 0 Å². The summed E-state index contributed by atoms with van der Waals surface area (Å²) in [6.45, 7) is 4.91. The van der Waals surface area contributed by atoms with Gasteiger partial charge in [0.05, 0.1) is 12.4 Å². The van der Waals surface area contributed by atoms with Crippen LogP contribution in [0.3, 0.4) is 0 Å². The number of aryl methyl sites for hydroxylation is 1. The summed E-state index contributed by atoms with van der Waals surface area (Å²) in [6.07, 6.45) is 3.42. The minimum atomic E-state index is 0.732. The zero-order valence-corrected chi connectivity index (χ0v) is 12.0. The number of rotatable bonds is 4. The first-order valence-electron chi connectivity index (χ1n) is 5.78. The van der Waals surface area contributed by atoms with Gasteiger partial charge in [0.25, 0.3) is 0 Å². The molecule has 1 heterocycles. The summed E-state index contributed by atoms with van der Waals surface area (Å²) in [4.78, 5) is 8.56. The quantitative estimate of drug-likeness (QED) is 0.904. The standard InChI is InChI=1S/C13H15BrN4/c1-3-16-12-7-15-8-13(18-12)17-10-4-5-11(14)9(2)6-10/h4-8H,3H2,1-2H3,(H2,16,17,18). The number of benzene rings is 1. The Kier molecular flexibility index (Phi) is 4.15. The number of hydrogen-bond donors (Lipinski definition) is 2. The average Bonchev–Trinajstić information content (AvgIpc) is 2.35. The number of halogens is 1. The molecule has 1 aromatic heterocycles. The molecule has 0 unspecified atom stereocenters. The molecule has 18 heavy (non-hydrogen) atoms. The lowest BCUT2D eigenvalue weighted by atomic mass is 10.2. The van der Waals surface area contributed by atoms with Crippen LogP contribution in [0, 0.1) is 6.92 Å². The van der Waals surface area contributed by atoms with Gasteiger partial charge in [-0.05, 0) is 37.6 Å². The molecular formula is C13H15BrN4. The van der Waals surface area contributed by atoms with Crippen LogP contribution >= 0.6 is 15.9 Å². The van der Waals surface area contributed by atoms with Crippen molar-refractivity contribution < 1.29 is 0 Å². The van der Waals surface area contributed by atoms with Crippen molar-refractivity contribution in [1.82, 2.24) is 9.97 Å². The number of nitrogens with one attached hydrogen (secondary N) is 2. The highest BCUT2D eigenvalue weighted by atomic mass is 79.9. The van der Waals surface area contributed by atoms with Gasteiger partial charge in [-0.25, -0.2) is 4.98 Å². The molecule has 1 aromatic carbocycles. The summed E-state index contributed by atoms with van der Waals surface area (Å²) in [6, 6.07) is 6.07. The van der Waals surface area contributed by atoms with Gasteiger partial charge in [-0.15, -0.1) is 0 Å². The van der Waals surface area contributed by atoms with E-state index in [1.165, 1.54) is 5.56 Å². The van der Waals surface area contributed by atoms with Crippen LogP contribution in [0.1, 0.15) is 12.5 Å². The molecule has 0 bridgehead atoms. The first-order valence-corrected chi connectivity index (χ1v) is 6.57. The number of nitrogens with zero attached hydrogens (tertiary/aromatic N) is 2. The fourth-order valence-corrected chi connectivity index (χ4v) is 1.81. The smallest absolute Gasteiger partial charge is 0.151 e. The van der Waals surface area contributed by atoms with Crippen molar-refractivity contribution in [2.75, 3.05) is 17.2 Å². The summed E-state index contributed by atoms with van der Waals surface area (Å²) in [5.74, 6) is 1.51. The van der Waals surface area contributed by atoms with Crippen LogP contribution in [0.4, 0.5) is 17.3 Å². The van der Waals surface area contributed by atoms with Crippen LogP contribution in [0.15, 0.2) is 35.1 Å². The van der Waals surface area contributed by atoms with Gasteiger partial charge in [0.1, 0.15) is 5.82 Å². The Bertz CT molecular complexity index is 542. The van der Waals surface area contributed by atoms with Crippen molar-refractivity contribution in [3.63, 3.8) is 0 Å². The maximum Gasteiger partial charge on any atom is 0.151 e. The predicted molar refractivity (Wildman–Crippen MR) is 78.4 cm³/mol. The molecule has 0 aliphatic rings. The van der Waals surface area contributed by atoms with E-state index in [1.54, 1.807) is 12.4 Å². The Balaban J connectivity index is 2.17. The van der Waals surface area contributed by atoms with E-state index >= 15 is 0 Å². The van der Waals surface area contributed by atoms with Crippen LogP contribution in [0.5, 0.6) is 0 Å². The topological polar surface area (TPSA) is 49.8 Å². The normalized spacial score (nSPS) is 10.2. The molecule has 0 fully saturated rings. The van der Waals surface area contributed by atoms with Crippen molar-refractivity contribution in [3.8, 4) is 0 Å². The fourth-order valence-electron chi connectivity index (χ4n) is 1.56. The molecule has 4 nitrogen and oxygen atoms in total. The summed E-state index contributed by atoms with van der Waals surface area (Å²) in [7, 11) is 0. The molecule has 0 aliphatic carbocycles. The first kappa shape index (κ1) is 12.8. The summed E-state index contributed by atoms with van der Waals surface area (Å²) < 4.78 is 1.10. The molecule has 2 aromatic rings. The van der Waals surface area contributed by atoms with Crippen LogP contribution in [0.2, 0.25) is 0 Å². The van der Waals surface area contributed by atoms with Gasteiger partial charge in [0, 0.05) is 16.7 Å². The highest BCUT2D eigenvalue weighted by molar-refractivity contribution is 9.10. The Labute approximate surface area is 115 Å². The first-order chi connectivity index (χ1) is 8.69. The molecule has 0 radical (unpaired) electrons. The molecule has 0 spiro atoms. The third-order valence-electron chi connectivity index (χ3n) is 2.42. The SMILES string of the molecule is CCNc1cncc(Nc2ccc(Br)c(C)c2)n1. The summed E-state index contributed by atoms with van der Waals surface area (Å²) >= 11 is 3.48. The Morgan fingerprint density at radius 3 is 2.72 bits per heavy atom. The zero-order valence-electron chi connectivity index (χ0n) is 10.4. The molecule has 5 heteroatoms. The Morgan fingerprint density at radius 2 is 2.00 bits per heavy atom. The highest BCUT2D eigenvalue weighted by Crippen LogP contribution is 2.22. The highest BCUT2D eigenvalue weighted by Gasteiger charge is 2.00. The molecule has 2 rings (SSSR count). The third kappa shape index (κ3) is 3.20. The van der Waals surface area contributed by atoms with Crippen LogP contribution in [-0.4, -0.2) is 16.5 Å². The van der Waals surface area contributed by atoms with Crippen molar-refractivity contribution in [3.05, 3.63) is 40.6 Å². The van der Waals surface area contributed by atoms with Crippen molar-refractivity contribution in [2.24, 2.45) is 0 Å². The van der Waals surface area contributed by atoms with E-state index in [0.717, 1.165) is 28.3 Å². The van der Waals surface area contributed by atoms with E-state index in [9.17, 15) is 0 Å². The van der Waals surface area contributed by atoms with Gasteiger partial charge < -0.3 is 10.6 Å². The molecule has 0 saturated heterocycles.